The summed E-state index contributed by atoms with van der Waals surface area (Å²) in [4.78, 5) is 0. The second-order valence-corrected chi connectivity index (χ2v) is 8.77. The summed E-state index contributed by atoms with van der Waals surface area (Å²) in [7, 11) is 0. The highest BCUT2D eigenvalue weighted by molar-refractivity contribution is 7.99. The van der Waals surface area contributed by atoms with Gasteiger partial charge in [-0.2, -0.15) is 11.8 Å². The lowest BCUT2D eigenvalue weighted by Gasteiger charge is -2.29. The lowest BCUT2D eigenvalue weighted by Crippen LogP contribution is -2.46. The molecule has 2 saturated carbocycles. The predicted molar refractivity (Wildman–Crippen MR) is 89.4 cm³/mol. The van der Waals surface area contributed by atoms with Gasteiger partial charge >= 0.3 is 0 Å². The van der Waals surface area contributed by atoms with Crippen LogP contribution in [0, 0.1) is 5.92 Å². The zero-order valence-corrected chi connectivity index (χ0v) is 14.2. The second kappa shape index (κ2) is 8.05. The highest BCUT2D eigenvalue weighted by Crippen LogP contribution is 2.32. The molecule has 3 unspecified atom stereocenters. The van der Waals surface area contributed by atoms with Crippen LogP contribution < -0.4 is 5.32 Å². The van der Waals surface area contributed by atoms with Crippen LogP contribution in [0.4, 0.5) is 0 Å². The van der Waals surface area contributed by atoms with Crippen LogP contribution in [-0.4, -0.2) is 34.3 Å². The van der Waals surface area contributed by atoms with E-state index in [-0.39, 0.29) is 12.1 Å². The third-order valence-electron chi connectivity index (χ3n) is 4.84. The molecule has 0 aromatic rings. The summed E-state index contributed by atoms with van der Waals surface area (Å²) < 4.78 is 0. The van der Waals surface area contributed by atoms with E-state index in [4.69, 9.17) is 0 Å². The SMILES string of the molecule is CC1CCCC(SCCCCC(C)(CO)NC2CC2)C1. The van der Waals surface area contributed by atoms with Gasteiger partial charge in [0.15, 0.2) is 0 Å². The molecule has 0 aromatic carbocycles. The minimum atomic E-state index is -0.0365. The molecule has 20 heavy (non-hydrogen) atoms. The van der Waals surface area contributed by atoms with Gasteiger partial charge in [-0.25, -0.2) is 0 Å². The number of hydrogen-bond acceptors (Lipinski definition) is 3. The Morgan fingerprint density at radius 1 is 1.20 bits per heavy atom. The minimum Gasteiger partial charge on any atom is -0.394 e. The molecule has 0 radical (unpaired) electrons. The van der Waals surface area contributed by atoms with Gasteiger partial charge in [0.25, 0.3) is 0 Å². The number of unbranched alkanes of at least 4 members (excludes halogenated alkanes) is 1. The molecule has 0 spiro atoms. The van der Waals surface area contributed by atoms with Gasteiger partial charge in [0.05, 0.1) is 6.61 Å². The molecule has 0 aliphatic heterocycles. The molecule has 3 atom stereocenters. The van der Waals surface area contributed by atoms with Crippen molar-refractivity contribution in [1.82, 2.24) is 5.32 Å². The normalized spacial score (nSPS) is 30.1. The van der Waals surface area contributed by atoms with Crippen molar-refractivity contribution >= 4 is 11.8 Å². The molecule has 0 saturated heterocycles. The van der Waals surface area contributed by atoms with E-state index in [9.17, 15) is 5.11 Å². The number of aliphatic hydroxyl groups is 1. The molecule has 2 rings (SSSR count). The highest BCUT2D eigenvalue weighted by Gasteiger charge is 2.31. The Kier molecular flexibility index (Phi) is 6.70. The molecule has 2 aliphatic carbocycles. The molecular weight excluding hydrogens is 266 g/mol. The van der Waals surface area contributed by atoms with Crippen LogP contribution in [0.2, 0.25) is 0 Å². The van der Waals surface area contributed by atoms with Gasteiger partial charge in [0, 0.05) is 16.8 Å². The van der Waals surface area contributed by atoms with Crippen molar-refractivity contribution in [3.05, 3.63) is 0 Å². The third kappa shape index (κ3) is 5.95. The predicted octanol–water partition coefficient (Wildman–Crippen LogP) is 3.97. The van der Waals surface area contributed by atoms with Crippen LogP contribution in [0.3, 0.4) is 0 Å². The van der Waals surface area contributed by atoms with Crippen LogP contribution in [0.25, 0.3) is 0 Å². The van der Waals surface area contributed by atoms with E-state index in [1.807, 2.05) is 0 Å². The van der Waals surface area contributed by atoms with Crippen LogP contribution in [-0.2, 0) is 0 Å². The smallest absolute Gasteiger partial charge is 0.0610 e. The number of nitrogens with one attached hydrogen (secondary N) is 1. The van der Waals surface area contributed by atoms with E-state index in [1.54, 1.807) is 0 Å². The highest BCUT2D eigenvalue weighted by atomic mass is 32.2. The molecule has 2 N–H and O–H groups in total. The topological polar surface area (TPSA) is 32.3 Å². The van der Waals surface area contributed by atoms with Gasteiger partial charge in [-0.05, 0) is 57.1 Å². The summed E-state index contributed by atoms with van der Waals surface area (Å²) in [6, 6.07) is 0.685. The summed E-state index contributed by atoms with van der Waals surface area (Å²) in [6.07, 6.45) is 12.0. The van der Waals surface area contributed by atoms with Gasteiger partial charge in [0.1, 0.15) is 0 Å². The van der Waals surface area contributed by atoms with Crippen molar-refractivity contribution in [3.8, 4) is 0 Å². The zero-order chi connectivity index (χ0) is 14.4. The number of thioether (sulfide) groups is 1. The Labute approximate surface area is 129 Å². The molecule has 0 aromatic heterocycles. The van der Waals surface area contributed by atoms with Gasteiger partial charge in [-0.3, -0.25) is 0 Å². The van der Waals surface area contributed by atoms with Crippen molar-refractivity contribution in [2.45, 2.75) is 88.5 Å². The summed E-state index contributed by atoms with van der Waals surface area (Å²) in [5.74, 6) is 2.25. The summed E-state index contributed by atoms with van der Waals surface area (Å²) in [6.45, 7) is 4.86. The molecule has 2 fully saturated rings. The second-order valence-electron chi connectivity index (χ2n) is 7.36. The van der Waals surface area contributed by atoms with E-state index in [1.165, 1.54) is 57.1 Å². The average Bonchev–Trinajstić information content (AvgIpc) is 3.22. The monoisotopic (exact) mass is 299 g/mol. The van der Waals surface area contributed by atoms with E-state index < -0.39 is 0 Å². The van der Waals surface area contributed by atoms with Gasteiger partial charge in [0.2, 0.25) is 0 Å². The van der Waals surface area contributed by atoms with E-state index >= 15 is 0 Å². The van der Waals surface area contributed by atoms with Gasteiger partial charge in [-0.1, -0.05) is 26.2 Å². The van der Waals surface area contributed by atoms with Crippen molar-refractivity contribution in [2.24, 2.45) is 5.92 Å². The Bertz CT molecular complexity index is 282. The minimum absolute atomic E-state index is 0.0365. The third-order valence-corrected chi connectivity index (χ3v) is 6.27. The standard InChI is InChI=1S/C17H33NOS/c1-14-6-5-7-16(12-14)20-11-4-3-10-17(2,13-19)18-15-8-9-15/h14-16,18-19H,3-13H2,1-2H3. The van der Waals surface area contributed by atoms with Crippen molar-refractivity contribution in [3.63, 3.8) is 0 Å². The fourth-order valence-corrected chi connectivity index (χ4v) is 4.82. The van der Waals surface area contributed by atoms with Crippen molar-refractivity contribution < 1.29 is 5.11 Å². The number of hydrogen-bond donors (Lipinski definition) is 2. The molecule has 0 bridgehead atoms. The summed E-state index contributed by atoms with van der Waals surface area (Å²) in [5.41, 5.74) is -0.0365. The molecule has 2 aliphatic rings. The first-order valence-corrected chi connectivity index (χ1v) is 9.66. The fraction of sp³-hybridized carbons (Fsp3) is 1.00. The summed E-state index contributed by atoms with van der Waals surface area (Å²) in [5, 5.41) is 14.1. The first-order chi connectivity index (χ1) is 9.61. The van der Waals surface area contributed by atoms with E-state index in [0.29, 0.717) is 6.04 Å². The van der Waals surface area contributed by atoms with Gasteiger partial charge < -0.3 is 10.4 Å². The Morgan fingerprint density at radius 2 is 2.00 bits per heavy atom. The molecule has 2 nitrogen and oxygen atoms in total. The lowest BCUT2D eigenvalue weighted by atomic mass is 9.91. The number of aliphatic hydroxyl groups excluding tert-OH is 1. The molecular formula is C17H33NOS. The maximum Gasteiger partial charge on any atom is 0.0610 e. The first kappa shape index (κ1) is 16.6. The first-order valence-electron chi connectivity index (χ1n) is 8.61. The fourth-order valence-electron chi connectivity index (χ4n) is 3.31. The molecule has 0 amide bonds. The Balaban J connectivity index is 1.53. The quantitative estimate of drug-likeness (QED) is 0.632. The van der Waals surface area contributed by atoms with Crippen LogP contribution in [0.5, 0.6) is 0 Å². The molecule has 0 heterocycles. The maximum absolute atomic E-state index is 9.58. The van der Waals surface area contributed by atoms with Crippen molar-refractivity contribution in [2.75, 3.05) is 12.4 Å². The molecule has 118 valence electrons. The Morgan fingerprint density at radius 3 is 2.65 bits per heavy atom. The van der Waals surface area contributed by atoms with Crippen molar-refractivity contribution in [1.29, 1.82) is 0 Å². The van der Waals surface area contributed by atoms with Crippen LogP contribution in [0.15, 0.2) is 0 Å². The largest absolute Gasteiger partial charge is 0.394 e. The summed E-state index contributed by atoms with van der Waals surface area (Å²) >= 11 is 2.20. The zero-order valence-electron chi connectivity index (χ0n) is 13.4. The Hall–Kier alpha value is 0.270. The average molecular weight is 300 g/mol. The van der Waals surface area contributed by atoms with E-state index in [0.717, 1.165) is 17.6 Å². The maximum atomic E-state index is 9.58. The molecule has 3 heteroatoms. The van der Waals surface area contributed by atoms with Crippen LogP contribution >= 0.6 is 11.8 Å². The lowest BCUT2D eigenvalue weighted by molar-refractivity contribution is 0.161. The van der Waals surface area contributed by atoms with Crippen LogP contribution in [0.1, 0.15) is 71.6 Å². The van der Waals surface area contributed by atoms with Gasteiger partial charge in [-0.15, -0.1) is 0 Å². The van der Waals surface area contributed by atoms with E-state index in [2.05, 4.69) is 30.9 Å². The number of rotatable bonds is 9.